The fraction of sp³-hybridized carbons (Fsp3) is 0.556. The largest absolute Gasteiger partial charge is 0.472 e. The summed E-state index contributed by atoms with van der Waals surface area (Å²) >= 11 is 0. The summed E-state index contributed by atoms with van der Waals surface area (Å²) in [6, 6.07) is 1.77. The standard InChI is InChI=1S/C9H15NO2/c1-2-7(5-10)9(11)8-3-4-12-6-8/h3-4,6-7,9,11H,2,5,10H2,1H3. The second-order valence-corrected chi connectivity index (χ2v) is 2.91. The van der Waals surface area contributed by atoms with Crippen molar-refractivity contribution in [1.82, 2.24) is 0 Å². The van der Waals surface area contributed by atoms with Crippen molar-refractivity contribution in [1.29, 1.82) is 0 Å². The molecule has 1 aromatic heterocycles. The van der Waals surface area contributed by atoms with Crippen LogP contribution in [0.1, 0.15) is 25.0 Å². The molecule has 0 bridgehead atoms. The van der Waals surface area contributed by atoms with Crippen molar-refractivity contribution >= 4 is 0 Å². The van der Waals surface area contributed by atoms with Gasteiger partial charge in [-0.05, 0) is 19.0 Å². The Morgan fingerprint density at radius 3 is 2.83 bits per heavy atom. The Kier molecular flexibility index (Phi) is 3.31. The number of hydrogen-bond acceptors (Lipinski definition) is 3. The van der Waals surface area contributed by atoms with Crippen molar-refractivity contribution < 1.29 is 9.52 Å². The van der Waals surface area contributed by atoms with Gasteiger partial charge in [-0.25, -0.2) is 0 Å². The van der Waals surface area contributed by atoms with E-state index < -0.39 is 6.10 Å². The Morgan fingerprint density at radius 2 is 2.42 bits per heavy atom. The fourth-order valence-electron chi connectivity index (χ4n) is 1.23. The molecule has 3 heteroatoms. The fourth-order valence-corrected chi connectivity index (χ4v) is 1.23. The SMILES string of the molecule is CCC(CN)C(O)c1ccoc1. The topological polar surface area (TPSA) is 59.4 Å². The zero-order valence-electron chi connectivity index (χ0n) is 7.23. The number of nitrogens with two attached hydrogens (primary N) is 1. The Bertz CT molecular complexity index is 204. The van der Waals surface area contributed by atoms with Crippen molar-refractivity contribution in [3.05, 3.63) is 24.2 Å². The van der Waals surface area contributed by atoms with Crippen LogP contribution in [0.3, 0.4) is 0 Å². The third kappa shape index (κ3) is 1.87. The molecule has 0 saturated carbocycles. The summed E-state index contributed by atoms with van der Waals surface area (Å²) in [5, 5.41) is 9.73. The molecule has 0 aliphatic heterocycles. The van der Waals surface area contributed by atoms with E-state index in [2.05, 4.69) is 0 Å². The molecule has 3 nitrogen and oxygen atoms in total. The van der Waals surface area contributed by atoms with Crippen LogP contribution in [0.25, 0.3) is 0 Å². The zero-order chi connectivity index (χ0) is 8.97. The van der Waals surface area contributed by atoms with Crippen LogP contribution in [0.2, 0.25) is 0 Å². The average molecular weight is 169 g/mol. The van der Waals surface area contributed by atoms with E-state index in [9.17, 15) is 5.11 Å². The third-order valence-corrected chi connectivity index (χ3v) is 2.16. The molecular formula is C9H15NO2. The summed E-state index contributed by atoms with van der Waals surface area (Å²) in [7, 11) is 0. The van der Waals surface area contributed by atoms with Crippen LogP contribution in [-0.2, 0) is 0 Å². The Balaban J connectivity index is 2.63. The van der Waals surface area contributed by atoms with Crippen molar-refractivity contribution in [2.45, 2.75) is 19.4 Å². The number of rotatable bonds is 4. The molecule has 3 N–H and O–H groups in total. The van der Waals surface area contributed by atoms with E-state index in [1.807, 2.05) is 6.92 Å². The molecule has 1 heterocycles. The lowest BCUT2D eigenvalue weighted by Gasteiger charge is -2.17. The van der Waals surface area contributed by atoms with E-state index in [-0.39, 0.29) is 5.92 Å². The van der Waals surface area contributed by atoms with Crippen molar-refractivity contribution in [2.24, 2.45) is 11.7 Å². The molecule has 0 saturated heterocycles. The van der Waals surface area contributed by atoms with Crippen LogP contribution in [-0.4, -0.2) is 11.7 Å². The molecule has 0 aliphatic carbocycles. The number of hydrogen-bond donors (Lipinski definition) is 2. The van der Waals surface area contributed by atoms with Gasteiger partial charge in [0.25, 0.3) is 0 Å². The maximum absolute atomic E-state index is 9.73. The van der Waals surface area contributed by atoms with Gasteiger partial charge < -0.3 is 15.3 Å². The first-order valence-corrected chi connectivity index (χ1v) is 4.19. The molecule has 2 unspecified atom stereocenters. The highest BCUT2D eigenvalue weighted by atomic mass is 16.3. The molecule has 12 heavy (non-hydrogen) atoms. The molecular weight excluding hydrogens is 154 g/mol. The van der Waals surface area contributed by atoms with Crippen molar-refractivity contribution in [2.75, 3.05) is 6.54 Å². The molecule has 0 aromatic carbocycles. The van der Waals surface area contributed by atoms with Gasteiger partial charge in [0.05, 0.1) is 18.6 Å². The Labute approximate surface area is 72.2 Å². The lowest BCUT2D eigenvalue weighted by atomic mass is 9.95. The van der Waals surface area contributed by atoms with Crippen LogP contribution in [0.5, 0.6) is 0 Å². The molecule has 0 aliphatic rings. The predicted molar refractivity (Wildman–Crippen MR) is 46.5 cm³/mol. The van der Waals surface area contributed by atoms with Crippen LogP contribution in [0.4, 0.5) is 0 Å². The molecule has 0 radical (unpaired) electrons. The summed E-state index contributed by atoms with van der Waals surface area (Å²) in [5.74, 6) is 0.127. The molecule has 1 aromatic rings. The maximum Gasteiger partial charge on any atom is 0.0960 e. The first-order chi connectivity index (χ1) is 5.79. The minimum absolute atomic E-state index is 0.127. The monoisotopic (exact) mass is 169 g/mol. The number of aliphatic hydroxyl groups excluding tert-OH is 1. The highest BCUT2D eigenvalue weighted by molar-refractivity contribution is 5.10. The maximum atomic E-state index is 9.73. The molecule has 0 amide bonds. The summed E-state index contributed by atoms with van der Waals surface area (Å²) < 4.78 is 4.87. The van der Waals surface area contributed by atoms with Gasteiger partial charge in [0.15, 0.2) is 0 Å². The van der Waals surface area contributed by atoms with E-state index in [1.165, 1.54) is 0 Å². The zero-order valence-corrected chi connectivity index (χ0v) is 7.23. The smallest absolute Gasteiger partial charge is 0.0960 e. The van der Waals surface area contributed by atoms with Gasteiger partial charge in [0.1, 0.15) is 0 Å². The number of aliphatic hydroxyl groups is 1. The van der Waals surface area contributed by atoms with E-state index in [1.54, 1.807) is 18.6 Å². The summed E-state index contributed by atoms with van der Waals surface area (Å²) in [5.41, 5.74) is 6.31. The quantitative estimate of drug-likeness (QED) is 0.714. The van der Waals surface area contributed by atoms with Crippen LogP contribution in [0, 0.1) is 5.92 Å². The first kappa shape index (κ1) is 9.29. The van der Waals surface area contributed by atoms with E-state index in [4.69, 9.17) is 10.2 Å². The van der Waals surface area contributed by atoms with Gasteiger partial charge in [-0.15, -0.1) is 0 Å². The van der Waals surface area contributed by atoms with Crippen LogP contribution < -0.4 is 5.73 Å². The normalized spacial score (nSPS) is 15.9. The predicted octanol–water partition coefficient (Wildman–Crippen LogP) is 1.30. The summed E-state index contributed by atoms with van der Waals surface area (Å²) in [6.45, 7) is 2.52. The average Bonchev–Trinajstić information content (AvgIpc) is 2.58. The lowest BCUT2D eigenvalue weighted by Crippen LogP contribution is -2.20. The van der Waals surface area contributed by atoms with E-state index in [0.29, 0.717) is 6.54 Å². The molecule has 0 fully saturated rings. The van der Waals surface area contributed by atoms with Gasteiger partial charge in [-0.1, -0.05) is 6.92 Å². The van der Waals surface area contributed by atoms with Gasteiger partial charge in [0, 0.05) is 11.5 Å². The molecule has 1 rings (SSSR count). The van der Waals surface area contributed by atoms with Gasteiger partial charge >= 0.3 is 0 Å². The van der Waals surface area contributed by atoms with E-state index in [0.717, 1.165) is 12.0 Å². The minimum atomic E-state index is -0.487. The van der Waals surface area contributed by atoms with E-state index >= 15 is 0 Å². The third-order valence-electron chi connectivity index (χ3n) is 2.16. The Morgan fingerprint density at radius 1 is 1.67 bits per heavy atom. The second-order valence-electron chi connectivity index (χ2n) is 2.91. The van der Waals surface area contributed by atoms with Gasteiger partial charge in [-0.2, -0.15) is 0 Å². The lowest BCUT2D eigenvalue weighted by molar-refractivity contribution is 0.109. The number of furan rings is 1. The first-order valence-electron chi connectivity index (χ1n) is 4.19. The highest BCUT2D eigenvalue weighted by Crippen LogP contribution is 2.23. The van der Waals surface area contributed by atoms with Crippen molar-refractivity contribution in [3.8, 4) is 0 Å². The highest BCUT2D eigenvalue weighted by Gasteiger charge is 2.18. The van der Waals surface area contributed by atoms with Gasteiger partial charge in [-0.3, -0.25) is 0 Å². The van der Waals surface area contributed by atoms with Crippen LogP contribution in [0.15, 0.2) is 23.0 Å². The summed E-state index contributed by atoms with van der Waals surface area (Å²) in [4.78, 5) is 0. The Hall–Kier alpha value is -0.800. The molecule has 68 valence electrons. The van der Waals surface area contributed by atoms with Crippen LogP contribution >= 0.6 is 0 Å². The minimum Gasteiger partial charge on any atom is -0.472 e. The summed E-state index contributed by atoms with van der Waals surface area (Å²) in [6.07, 6.45) is 3.51. The second kappa shape index (κ2) is 4.28. The molecule has 2 atom stereocenters. The molecule has 0 spiro atoms. The van der Waals surface area contributed by atoms with Crippen molar-refractivity contribution in [3.63, 3.8) is 0 Å². The van der Waals surface area contributed by atoms with Gasteiger partial charge in [0.2, 0.25) is 0 Å².